The molecule has 0 N–H and O–H groups in total. The summed E-state index contributed by atoms with van der Waals surface area (Å²) in [6, 6.07) is 0. The molecule has 0 bridgehead atoms. The van der Waals surface area contributed by atoms with Crippen LogP contribution < -0.4 is 11.2 Å². The molecule has 2 aromatic rings. The second-order valence-electron chi connectivity index (χ2n) is 11.8. The Labute approximate surface area is 251 Å². The Morgan fingerprint density at radius 1 is 0.857 bits per heavy atom. The first-order valence-corrected chi connectivity index (χ1v) is 16.2. The zero-order valence-corrected chi connectivity index (χ0v) is 26.9. The molecule has 0 aliphatic heterocycles. The van der Waals surface area contributed by atoms with Crippen molar-refractivity contribution in [3.63, 3.8) is 0 Å². The van der Waals surface area contributed by atoms with Gasteiger partial charge in [-0.15, -0.1) is 0 Å². The number of esters is 1. The summed E-state index contributed by atoms with van der Waals surface area (Å²) in [5.41, 5.74) is 0.257. The Balaban J connectivity index is 1.66. The van der Waals surface area contributed by atoms with Gasteiger partial charge in [0.2, 0.25) is 5.91 Å². The maximum absolute atomic E-state index is 12.8. The highest BCUT2D eigenvalue weighted by molar-refractivity contribution is 5.73. The number of unbranched alkanes of at least 4 members (excludes halogenated alkanes) is 13. The van der Waals surface area contributed by atoms with E-state index in [0.717, 1.165) is 70.8 Å². The number of carbonyl (C=O) groups excluding carboxylic acids is 2. The van der Waals surface area contributed by atoms with Crippen LogP contribution in [0.1, 0.15) is 124 Å². The molecule has 1 amide bonds. The predicted octanol–water partition coefficient (Wildman–Crippen LogP) is 5.48. The number of hydrogen-bond donors (Lipinski definition) is 0. The van der Waals surface area contributed by atoms with Crippen molar-refractivity contribution in [2.24, 2.45) is 14.1 Å². The number of aromatic nitrogens is 4. The van der Waals surface area contributed by atoms with Gasteiger partial charge in [0.1, 0.15) is 6.10 Å². The fraction of sp³-hybridized carbons (Fsp3) is 0.781. The number of amides is 1. The first-order valence-electron chi connectivity index (χ1n) is 16.2. The quantitative estimate of drug-likeness (QED) is 0.133. The molecule has 1 atom stereocenters. The van der Waals surface area contributed by atoms with Crippen LogP contribution in [0.5, 0.6) is 0 Å². The maximum atomic E-state index is 12.8. The first kappa shape index (κ1) is 35.3. The van der Waals surface area contributed by atoms with E-state index in [1.54, 1.807) is 31.9 Å². The summed E-state index contributed by atoms with van der Waals surface area (Å²) in [6.45, 7) is 6.85. The summed E-state index contributed by atoms with van der Waals surface area (Å²) in [5, 5.41) is 0. The molecule has 0 spiro atoms. The van der Waals surface area contributed by atoms with Gasteiger partial charge >= 0.3 is 11.7 Å². The van der Waals surface area contributed by atoms with Crippen LogP contribution in [0.2, 0.25) is 0 Å². The number of aryl methyl sites for hydroxylation is 2. The van der Waals surface area contributed by atoms with Crippen LogP contribution in [-0.4, -0.2) is 54.7 Å². The van der Waals surface area contributed by atoms with E-state index in [1.807, 2.05) is 4.90 Å². The molecule has 0 aliphatic rings. The highest BCUT2D eigenvalue weighted by Crippen LogP contribution is 2.15. The van der Waals surface area contributed by atoms with Crippen LogP contribution in [0, 0.1) is 0 Å². The number of imidazole rings is 1. The lowest BCUT2D eigenvalue weighted by atomic mass is 10.1. The largest absolute Gasteiger partial charge is 0.461 e. The van der Waals surface area contributed by atoms with E-state index in [1.165, 1.54) is 54.6 Å². The molecule has 0 saturated heterocycles. The molecule has 0 fully saturated rings. The molecule has 10 heteroatoms. The third-order valence-electron chi connectivity index (χ3n) is 8.09. The van der Waals surface area contributed by atoms with Crippen LogP contribution in [-0.2, 0) is 35.0 Å². The van der Waals surface area contributed by atoms with E-state index >= 15 is 0 Å². The summed E-state index contributed by atoms with van der Waals surface area (Å²) in [5.74, 6) is -0.262. The molecule has 0 radical (unpaired) electrons. The molecule has 0 saturated carbocycles. The molecule has 10 nitrogen and oxygen atoms in total. The topological polar surface area (TPSA) is 108 Å². The minimum absolute atomic E-state index is 0.0375. The van der Waals surface area contributed by atoms with Gasteiger partial charge in [0.05, 0.1) is 12.9 Å². The van der Waals surface area contributed by atoms with Crippen molar-refractivity contribution in [3.8, 4) is 0 Å². The SMILES string of the molecule is CCCCCCCCCCN(CC(CCCCCCCCCn1c(=O)c2c(ncn2C)n(C)c1=O)OC(C)=O)C(C)=O. The summed E-state index contributed by atoms with van der Waals surface area (Å²) < 4.78 is 9.99. The second-order valence-corrected chi connectivity index (χ2v) is 11.8. The molecule has 2 heterocycles. The number of hydrogen-bond acceptors (Lipinski definition) is 6. The average Bonchev–Trinajstić information content (AvgIpc) is 3.34. The molecular formula is C32H55N5O5. The third-order valence-corrected chi connectivity index (χ3v) is 8.09. The van der Waals surface area contributed by atoms with Gasteiger partial charge in [-0.05, 0) is 25.7 Å². The number of fused-ring (bicyclic) bond motifs is 1. The van der Waals surface area contributed by atoms with E-state index in [2.05, 4.69) is 11.9 Å². The Hall–Kier alpha value is -2.91. The average molecular weight is 590 g/mol. The lowest BCUT2D eigenvalue weighted by Crippen LogP contribution is -2.39. The molecule has 2 aromatic heterocycles. The zero-order chi connectivity index (χ0) is 30.9. The molecule has 2 rings (SSSR count). The van der Waals surface area contributed by atoms with Crippen molar-refractivity contribution in [2.75, 3.05) is 13.1 Å². The standard InChI is InChI=1S/C32H55N5O5/c1-6-7-8-9-10-13-16-19-22-36(26(2)38)24-28(42-27(3)39)21-18-15-12-11-14-17-20-23-37-31(40)29-30(33-25-34(29)4)35(5)32(37)41/h25,28H,6-24H2,1-5H3. The van der Waals surface area contributed by atoms with Crippen molar-refractivity contribution >= 4 is 23.0 Å². The Morgan fingerprint density at radius 2 is 1.43 bits per heavy atom. The molecule has 0 aromatic carbocycles. The van der Waals surface area contributed by atoms with Gasteiger partial charge < -0.3 is 14.2 Å². The minimum Gasteiger partial charge on any atom is -0.461 e. The highest BCUT2D eigenvalue weighted by Gasteiger charge is 2.19. The van der Waals surface area contributed by atoms with Crippen LogP contribution in [0.4, 0.5) is 0 Å². The summed E-state index contributed by atoms with van der Waals surface area (Å²) in [7, 11) is 3.41. The smallest absolute Gasteiger partial charge is 0.332 e. The molecule has 42 heavy (non-hydrogen) atoms. The lowest BCUT2D eigenvalue weighted by molar-refractivity contribution is -0.149. The van der Waals surface area contributed by atoms with Gasteiger partial charge in [-0.1, -0.05) is 84.0 Å². The lowest BCUT2D eigenvalue weighted by Gasteiger charge is -2.26. The number of rotatable bonds is 22. The predicted molar refractivity (Wildman–Crippen MR) is 168 cm³/mol. The normalized spacial score (nSPS) is 12.1. The van der Waals surface area contributed by atoms with Crippen molar-refractivity contribution in [3.05, 3.63) is 27.2 Å². The Bertz CT molecular complexity index is 1210. The van der Waals surface area contributed by atoms with Crippen molar-refractivity contribution in [1.29, 1.82) is 0 Å². The molecule has 1 unspecified atom stereocenters. The number of carbonyl (C=O) groups is 2. The Morgan fingerprint density at radius 3 is 2.02 bits per heavy atom. The minimum atomic E-state index is -0.324. The molecule has 238 valence electrons. The summed E-state index contributed by atoms with van der Waals surface area (Å²) in [4.78, 5) is 55.4. The summed E-state index contributed by atoms with van der Waals surface area (Å²) in [6.07, 6.45) is 18.7. The first-order chi connectivity index (χ1) is 20.2. The number of ether oxygens (including phenoxy) is 1. The van der Waals surface area contributed by atoms with Gasteiger partial charge in [-0.25, -0.2) is 9.78 Å². The van der Waals surface area contributed by atoms with Crippen LogP contribution in [0.25, 0.3) is 11.2 Å². The van der Waals surface area contributed by atoms with Gasteiger partial charge in [0.25, 0.3) is 5.56 Å². The van der Waals surface area contributed by atoms with Crippen LogP contribution >= 0.6 is 0 Å². The van der Waals surface area contributed by atoms with Gasteiger partial charge in [0, 0.05) is 41.0 Å². The van der Waals surface area contributed by atoms with Crippen LogP contribution in [0.15, 0.2) is 15.9 Å². The molecular weight excluding hydrogens is 534 g/mol. The van der Waals surface area contributed by atoms with Crippen LogP contribution in [0.3, 0.4) is 0 Å². The van der Waals surface area contributed by atoms with E-state index in [-0.39, 0.29) is 29.2 Å². The van der Waals surface area contributed by atoms with Crippen molar-refractivity contribution in [2.45, 2.75) is 136 Å². The van der Waals surface area contributed by atoms with E-state index in [9.17, 15) is 19.2 Å². The van der Waals surface area contributed by atoms with Crippen molar-refractivity contribution in [1.82, 2.24) is 23.6 Å². The Kier molecular flexibility index (Phi) is 16.2. The monoisotopic (exact) mass is 589 g/mol. The molecule has 0 aliphatic carbocycles. The highest BCUT2D eigenvalue weighted by atomic mass is 16.5. The van der Waals surface area contributed by atoms with E-state index in [4.69, 9.17) is 4.74 Å². The van der Waals surface area contributed by atoms with Crippen molar-refractivity contribution < 1.29 is 14.3 Å². The van der Waals surface area contributed by atoms with Gasteiger partial charge in [-0.2, -0.15) is 0 Å². The number of nitrogens with zero attached hydrogens (tertiary/aromatic N) is 5. The van der Waals surface area contributed by atoms with E-state index in [0.29, 0.717) is 24.3 Å². The fourth-order valence-electron chi connectivity index (χ4n) is 5.60. The maximum Gasteiger partial charge on any atom is 0.332 e. The zero-order valence-electron chi connectivity index (χ0n) is 26.9. The fourth-order valence-corrected chi connectivity index (χ4v) is 5.60. The summed E-state index contributed by atoms with van der Waals surface area (Å²) >= 11 is 0. The van der Waals surface area contributed by atoms with Gasteiger partial charge in [-0.3, -0.25) is 23.5 Å². The second kappa shape index (κ2) is 19.3. The third kappa shape index (κ3) is 11.8. The van der Waals surface area contributed by atoms with E-state index < -0.39 is 0 Å². The van der Waals surface area contributed by atoms with Gasteiger partial charge in [0.15, 0.2) is 11.2 Å².